The monoisotopic (exact) mass is 527 g/mol. The van der Waals surface area contributed by atoms with Gasteiger partial charge < -0.3 is 15.2 Å². The molecule has 2 heterocycles. The first-order chi connectivity index (χ1) is 18.9. The fourth-order valence-electron chi connectivity index (χ4n) is 5.54. The molecule has 1 aliphatic heterocycles. The van der Waals surface area contributed by atoms with E-state index >= 15 is 0 Å². The summed E-state index contributed by atoms with van der Waals surface area (Å²) in [4.78, 5) is 46.5. The van der Waals surface area contributed by atoms with Gasteiger partial charge in [0.1, 0.15) is 17.6 Å². The second kappa shape index (κ2) is 10.5. The zero-order valence-electron chi connectivity index (χ0n) is 21.3. The molecule has 2 aliphatic rings. The van der Waals surface area contributed by atoms with Gasteiger partial charge in [0, 0.05) is 29.6 Å². The molecule has 8 nitrogen and oxygen atoms in total. The van der Waals surface area contributed by atoms with Gasteiger partial charge in [-0.2, -0.15) is 0 Å². The lowest BCUT2D eigenvalue weighted by Gasteiger charge is -2.44. The lowest BCUT2D eigenvalue weighted by atomic mass is 9.67. The molecular formula is C30H26FN3O5. The van der Waals surface area contributed by atoms with Crippen LogP contribution in [-0.4, -0.2) is 36.9 Å². The number of nitrogens with zero attached hydrogens (tertiary/aromatic N) is 2. The Hall–Kier alpha value is -4.79. The Kier molecular flexibility index (Phi) is 6.98. The number of anilines is 1. The molecule has 0 fully saturated rings. The molecule has 5 rings (SSSR count). The molecule has 198 valence electrons. The van der Waals surface area contributed by atoms with Gasteiger partial charge in [-0.1, -0.05) is 42.5 Å². The number of halogens is 1. The van der Waals surface area contributed by atoms with Crippen molar-refractivity contribution < 1.29 is 28.2 Å². The van der Waals surface area contributed by atoms with E-state index in [2.05, 4.69) is 4.98 Å². The number of hydrogen-bond donors (Lipinski definition) is 1. The summed E-state index contributed by atoms with van der Waals surface area (Å²) in [5.41, 5.74) is 8.92. The highest BCUT2D eigenvalue weighted by atomic mass is 19.1. The minimum Gasteiger partial charge on any atom is -0.468 e. The van der Waals surface area contributed by atoms with Crippen LogP contribution in [0.2, 0.25) is 0 Å². The molecule has 39 heavy (non-hydrogen) atoms. The van der Waals surface area contributed by atoms with Crippen LogP contribution >= 0.6 is 0 Å². The Morgan fingerprint density at radius 2 is 1.74 bits per heavy atom. The standard InChI is InChI=1S/C30H26FN3O5/c1-38-29(36)24-21(17-8-4-3-5-9-17)15-22-25(27(24)35)23(18-10-7-13-33-16-18)26(30(37)39-2)28(32)34(22)20-12-6-11-19(31)14-20/h3-14,16,21,23-24H,15,32H2,1-2H3/t21-,23-,24-/m0/s1. The van der Waals surface area contributed by atoms with E-state index in [1.807, 2.05) is 30.3 Å². The molecule has 9 heteroatoms. The molecule has 3 aromatic rings. The van der Waals surface area contributed by atoms with Crippen LogP contribution in [0.5, 0.6) is 0 Å². The fourth-order valence-corrected chi connectivity index (χ4v) is 5.54. The van der Waals surface area contributed by atoms with Crippen LogP contribution in [0.25, 0.3) is 0 Å². The topological polar surface area (TPSA) is 112 Å². The second-order valence-corrected chi connectivity index (χ2v) is 9.27. The van der Waals surface area contributed by atoms with Gasteiger partial charge in [0.05, 0.1) is 31.4 Å². The predicted molar refractivity (Wildman–Crippen MR) is 140 cm³/mol. The van der Waals surface area contributed by atoms with Crippen LogP contribution in [-0.2, 0) is 23.9 Å². The number of ketones is 1. The van der Waals surface area contributed by atoms with Gasteiger partial charge >= 0.3 is 11.9 Å². The van der Waals surface area contributed by atoms with E-state index in [4.69, 9.17) is 15.2 Å². The van der Waals surface area contributed by atoms with Crippen molar-refractivity contribution in [1.82, 2.24) is 4.98 Å². The summed E-state index contributed by atoms with van der Waals surface area (Å²) in [6, 6.07) is 18.3. The van der Waals surface area contributed by atoms with E-state index in [-0.39, 0.29) is 23.4 Å². The summed E-state index contributed by atoms with van der Waals surface area (Å²) in [5, 5.41) is 0. The third-order valence-corrected chi connectivity index (χ3v) is 7.21. The van der Waals surface area contributed by atoms with Crippen molar-refractivity contribution in [2.45, 2.75) is 18.3 Å². The number of rotatable bonds is 5. The van der Waals surface area contributed by atoms with Crippen molar-refractivity contribution in [3.05, 3.63) is 119 Å². The van der Waals surface area contributed by atoms with Crippen LogP contribution in [0.1, 0.15) is 29.4 Å². The SMILES string of the molecule is COC(=O)C1=C(N)N(c2cccc(F)c2)C2=C(C(=O)[C@@H](C(=O)OC)[C@H](c3ccccc3)C2)[C@@H]1c1cccnc1. The number of allylic oxidation sites excluding steroid dienone is 2. The molecule has 0 saturated carbocycles. The summed E-state index contributed by atoms with van der Waals surface area (Å²) >= 11 is 0. The minimum atomic E-state index is -1.18. The minimum absolute atomic E-state index is 0.00353. The van der Waals surface area contributed by atoms with Crippen LogP contribution in [0.3, 0.4) is 0 Å². The number of aromatic nitrogens is 1. The molecular weight excluding hydrogens is 501 g/mol. The summed E-state index contributed by atoms with van der Waals surface area (Å²) in [6.07, 6.45) is 3.29. The molecule has 1 aliphatic carbocycles. The van der Waals surface area contributed by atoms with Crippen LogP contribution in [0, 0.1) is 11.7 Å². The van der Waals surface area contributed by atoms with Crippen LogP contribution < -0.4 is 10.6 Å². The quantitative estimate of drug-likeness (QED) is 0.392. The van der Waals surface area contributed by atoms with Gasteiger partial charge in [-0.3, -0.25) is 19.5 Å². The Balaban J connectivity index is 1.83. The molecule has 2 aromatic carbocycles. The highest BCUT2D eigenvalue weighted by Gasteiger charge is 2.51. The number of hydrogen-bond acceptors (Lipinski definition) is 8. The van der Waals surface area contributed by atoms with Gasteiger partial charge in [-0.25, -0.2) is 9.18 Å². The molecule has 2 N–H and O–H groups in total. The Morgan fingerprint density at radius 3 is 2.38 bits per heavy atom. The number of carbonyl (C=O) groups is 3. The Labute approximate surface area is 224 Å². The Bertz CT molecular complexity index is 1500. The van der Waals surface area contributed by atoms with E-state index in [0.717, 1.165) is 5.56 Å². The molecule has 0 amide bonds. The van der Waals surface area contributed by atoms with E-state index in [9.17, 15) is 18.8 Å². The average molecular weight is 528 g/mol. The summed E-state index contributed by atoms with van der Waals surface area (Å²) in [5.74, 6) is -5.23. The molecule has 3 atom stereocenters. The fraction of sp³-hybridized carbons (Fsp3) is 0.200. The number of benzene rings is 2. The summed E-state index contributed by atoms with van der Waals surface area (Å²) in [7, 11) is 2.45. The molecule has 0 bridgehead atoms. The smallest absolute Gasteiger partial charge is 0.338 e. The first-order valence-electron chi connectivity index (χ1n) is 12.3. The van der Waals surface area contributed by atoms with Crippen molar-refractivity contribution in [2.24, 2.45) is 11.7 Å². The third-order valence-electron chi connectivity index (χ3n) is 7.21. The highest BCUT2D eigenvalue weighted by Crippen LogP contribution is 2.51. The maximum Gasteiger partial charge on any atom is 0.338 e. The van der Waals surface area contributed by atoms with Gasteiger partial charge in [0.2, 0.25) is 0 Å². The van der Waals surface area contributed by atoms with Crippen molar-refractivity contribution in [3.63, 3.8) is 0 Å². The van der Waals surface area contributed by atoms with Crippen molar-refractivity contribution >= 4 is 23.4 Å². The number of esters is 2. The molecule has 1 aromatic heterocycles. The van der Waals surface area contributed by atoms with Crippen molar-refractivity contribution in [1.29, 1.82) is 0 Å². The van der Waals surface area contributed by atoms with E-state index in [1.165, 1.54) is 43.5 Å². The molecule has 0 radical (unpaired) electrons. The molecule has 0 unspecified atom stereocenters. The van der Waals surface area contributed by atoms with Gasteiger partial charge in [0.25, 0.3) is 0 Å². The maximum absolute atomic E-state index is 14.4. The largest absolute Gasteiger partial charge is 0.468 e. The summed E-state index contributed by atoms with van der Waals surface area (Å²) in [6.45, 7) is 0. The van der Waals surface area contributed by atoms with E-state index < -0.39 is 41.3 Å². The van der Waals surface area contributed by atoms with E-state index in [0.29, 0.717) is 16.9 Å². The maximum atomic E-state index is 14.4. The molecule has 0 spiro atoms. The van der Waals surface area contributed by atoms with Crippen molar-refractivity contribution in [3.8, 4) is 0 Å². The molecule has 0 saturated heterocycles. The zero-order chi connectivity index (χ0) is 27.7. The number of nitrogens with two attached hydrogens (primary N) is 1. The number of methoxy groups -OCH3 is 2. The van der Waals surface area contributed by atoms with Gasteiger partial charge in [-0.05, 0) is 41.8 Å². The van der Waals surface area contributed by atoms with E-state index in [1.54, 1.807) is 24.4 Å². The van der Waals surface area contributed by atoms with Crippen LogP contribution in [0.4, 0.5) is 10.1 Å². The lowest BCUT2D eigenvalue weighted by Crippen LogP contribution is -2.46. The van der Waals surface area contributed by atoms with Crippen LogP contribution in [0.15, 0.2) is 102 Å². The first kappa shape index (κ1) is 25.8. The highest BCUT2D eigenvalue weighted by molar-refractivity contribution is 6.14. The third kappa shape index (κ3) is 4.46. The second-order valence-electron chi connectivity index (χ2n) is 9.27. The number of pyridine rings is 1. The lowest BCUT2D eigenvalue weighted by molar-refractivity contribution is -0.150. The predicted octanol–water partition coefficient (Wildman–Crippen LogP) is 3.97. The first-order valence-corrected chi connectivity index (χ1v) is 12.3. The summed E-state index contributed by atoms with van der Waals surface area (Å²) < 4.78 is 24.6. The van der Waals surface area contributed by atoms with Crippen molar-refractivity contribution in [2.75, 3.05) is 19.1 Å². The average Bonchev–Trinajstić information content (AvgIpc) is 2.96. The van der Waals surface area contributed by atoms with Gasteiger partial charge in [0.15, 0.2) is 5.78 Å². The number of Topliss-reactive ketones (excluding diaryl/α,β-unsaturated/α-hetero) is 1. The van der Waals surface area contributed by atoms with Gasteiger partial charge in [-0.15, -0.1) is 0 Å². The number of ether oxygens (including phenoxy) is 2. The zero-order valence-corrected chi connectivity index (χ0v) is 21.3. The normalized spacial score (nSPS) is 20.9. The Morgan fingerprint density at radius 1 is 1.00 bits per heavy atom. The number of carbonyl (C=O) groups excluding carboxylic acids is 3.